The van der Waals surface area contributed by atoms with Crippen LogP contribution in [-0.2, 0) is 4.74 Å². The zero-order valence-electron chi connectivity index (χ0n) is 9.43. The minimum atomic E-state index is 0.0258. The number of amides is 1. The third kappa shape index (κ3) is 2.58. The van der Waals surface area contributed by atoms with E-state index in [1.165, 1.54) is 0 Å². The summed E-state index contributed by atoms with van der Waals surface area (Å²) in [6.07, 6.45) is 5.62. The van der Waals surface area contributed by atoms with Gasteiger partial charge in [-0.1, -0.05) is 0 Å². The van der Waals surface area contributed by atoms with E-state index < -0.39 is 0 Å². The fourth-order valence-corrected chi connectivity index (χ4v) is 1.89. The molecule has 0 N–H and O–H groups in total. The van der Waals surface area contributed by atoms with Crippen molar-refractivity contribution < 1.29 is 9.53 Å². The molecule has 0 aliphatic carbocycles. The molecule has 4 heteroatoms. The number of carbonyl (C=O) groups excluding carboxylic acids is 1. The average Bonchev–Trinajstić information content (AvgIpc) is 2.82. The molecule has 0 spiro atoms. The Hall–Kier alpha value is -1.42. The number of ether oxygens (including phenoxy) is 1. The van der Waals surface area contributed by atoms with Crippen molar-refractivity contribution >= 4 is 5.91 Å². The SMILES string of the molecule is CN(CC1CCCO1)C(=O)c1ccncc1. The van der Waals surface area contributed by atoms with Gasteiger partial charge in [-0.15, -0.1) is 0 Å². The van der Waals surface area contributed by atoms with Crippen LogP contribution in [0.1, 0.15) is 23.2 Å². The van der Waals surface area contributed by atoms with Gasteiger partial charge in [-0.05, 0) is 25.0 Å². The highest BCUT2D eigenvalue weighted by atomic mass is 16.5. The van der Waals surface area contributed by atoms with Crippen molar-refractivity contribution in [3.8, 4) is 0 Å². The lowest BCUT2D eigenvalue weighted by molar-refractivity contribution is 0.0587. The summed E-state index contributed by atoms with van der Waals surface area (Å²) in [5, 5.41) is 0. The maximum atomic E-state index is 12.0. The number of pyridine rings is 1. The number of rotatable bonds is 3. The highest BCUT2D eigenvalue weighted by molar-refractivity contribution is 5.93. The van der Waals surface area contributed by atoms with Gasteiger partial charge in [0.1, 0.15) is 0 Å². The van der Waals surface area contributed by atoms with Crippen molar-refractivity contribution in [2.45, 2.75) is 18.9 Å². The van der Waals surface area contributed by atoms with Crippen molar-refractivity contribution in [2.24, 2.45) is 0 Å². The molecule has 0 radical (unpaired) electrons. The molecule has 1 atom stereocenters. The van der Waals surface area contributed by atoms with Gasteiger partial charge in [0, 0.05) is 38.2 Å². The maximum Gasteiger partial charge on any atom is 0.253 e. The summed E-state index contributed by atoms with van der Waals surface area (Å²) in [5.74, 6) is 0.0258. The monoisotopic (exact) mass is 220 g/mol. The molecular formula is C12H16N2O2. The van der Waals surface area contributed by atoms with E-state index in [2.05, 4.69) is 4.98 Å². The lowest BCUT2D eigenvalue weighted by atomic mass is 10.2. The molecule has 1 amide bonds. The second kappa shape index (κ2) is 5.07. The summed E-state index contributed by atoms with van der Waals surface area (Å²) >= 11 is 0. The summed E-state index contributed by atoms with van der Waals surface area (Å²) < 4.78 is 5.50. The minimum absolute atomic E-state index is 0.0258. The van der Waals surface area contributed by atoms with Crippen LogP contribution in [0.15, 0.2) is 24.5 Å². The Kier molecular flexibility index (Phi) is 3.51. The Bertz CT molecular complexity index is 347. The van der Waals surface area contributed by atoms with E-state index in [9.17, 15) is 4.79 Å². The lowest BCUT2D eigenvalue weighted by Crippen LogP contribution is -2.34. The number of carbonyl (C=O) groups is 1. The van der Waals surface area contributed by atoms with Gasteiger partial charge < -0.3 is 9.64 Å². The van der Waals surface area contributed by atoms with Crippen molar-refractivity contribution in [1.82, 2.24) is 9.88 Å². The molecule has 2 rings (SSSR count). The molecule has 1 aromatic heterocycles. The van der Waals surface area contributed by atoms with Crippen LogP contribution in [0.5, 0.6) is 0 Å². The Morgan fingerprint density at radius 2 is 2.31 bits per heavy atom. The first-order valence-electron chi connectivity index (χ1n) is 5.54. The topological polar surface area (TPSA) is 42.4 Å². The first-order chi connectivity index (χ1) is 7.77. The molecule has 1 aliphatic heterocycles. The molecule has 2 heterocycles. The molecule has 1 fully saturated rings. The molecule has 0 saturated carbocycles. The van der Waals surface area contributed by atoms with Gasteiger partial charge in [-0.3, -0.25) is 9.78 Å². The fourth-order valence-electron chi connectivity index (χ4n) is 1.89. The number of hydrogen-bond donors (Lipinski definition) is 0. The Balaban J connectivity index is 1.94. The quantitative estimate of drug-likeness (QED) is 0.771. The molecule has 1 aliphatic rings. The van der Waals surface area contributed by atoms with Gasteiger partial charge in [-0.25, -0.2) is 0 Å². The molecule has 4 nitrogen and oxygen atoms in total. The van der Waals surface area contributed by atoms with Crippen LogP contribution in [0.2, 0.25) is 0 Å². The third-order valence-corrected chi connectivity index (χ3v) is 2.78. The van der Waals surface area contributed by atoms with Gasteiger partial charge in [0.2, 0.25) is 0 Å². The van der Waals surface area contributed by atoms with Crippen LogP contribution in [0.25, 0.3) is 0 Å². The van der Waals surface area contributed by atoms with Crippen LogP contribution in [0.4, 0.5) is 0 Å². The zero-order chi connectivity index (χ0) is 11.4. The number of likely N-dealkylation sites (N-methyl/N-ethyl adjacent to an activating group) is 1. The largest absolute Gasteiger partial charge is 0.376 e. The van der Waals surface area contributed by atoms with Gasteiger partial charge in [0.05, 0.1) is 6.10 Å². The van der Waals surface area contributed by atoms with Gasteiger partial charge in [0.25, 0.3) is 5.91 Å². The smallest absolute Gasteiger partial charge is 0.253 e. The van der Waals surface area contributed by atoms with Crippen molar-refractivity contribution in [2.75, 3.05) is 20.2 Å². The molecular weight excluding hydrogens is 204 g/mol. The van der Waals surface area contributed by atoms with E-state index in [0.29, 0.717) is 12.1 Å². The van der Waals surface area contributed by atoms with E-state index in [0.717, 1.165) is 19.4 Å². The average molecular weight is 220 g/mol. The summed E-state index contributed by atoms with van der Waals surface area (Å²) in [4.78, 5) is 17.6. The van der Waals surface area contributed by atoms with E-state index >= 15 is 0 Å². The normalized spacial score (nSPS) is 19.7. The Labute approximate surface area is 95.2 Å². The first-order valence-corrected chi connectivity index (χ1v) is 5.54. The van der Waals surface area contributed by atoms with Crippen LogP contribution in [0.3, 0.4) is 0 Å². The maximum absolute atomic E-state index is 12.0. The third-order valence-electron chi connectivity index (χ3n) is 2.78. The van der Waals surface area contributed by atoms with Crippen molar-refractivity contribution in [1.29, 1.82) is 0 Å². The van der Waals surface area contributed by atoms with Gasteiger partial charge in [-0.2, -0.15) is 0 Å². The van der Waals surface area contributed by atoms with Gasteiger partial charge in [0.15, 0.2) is 0 Å². The fraction of sp³-hybridized carbons (Fsp3) is 0.500. The standard InChI is InChI=1S/C12H16N2O2/c1-14(9-11-3-2-8-16-11)12(15)10-4-6-13-7-5-10/h4-7,11H,2-3,8-9H2,1H3. The van der Waals surface area contributed by atoms with E-state index in [-0.39, 0.29) is 12.0 Å². The molecule has 16 heavy (non-hydrogen) atoms. The van der Waals surface area contributed by atoms with Crippen LogP contribution in [0, 0.1) is 0 Å². The predicted octanol–water partition coefficient (Wildman–Crippen LogP) is 1.33. The molecule has 1 saturated heterocycles. The Morgan fingerprint density at radius 3 is 2.94 bits per heavy atom. The molecule has 86 valence electrons. The van der Waals surface area contributed by atoms with Crippen LogP contribution < -0.4 is 0 Å². The van der Waals surface area contributed by atoms with E-state index in [1.54, 1.807) is 29.4 Å². The number of hydrogen-bond acceptors (Lipinski definition) is 3. The summed E-state index contributed by atoms with van der Waals surface area (Å²) in [5.41, 5.74) is 0.676. The second-order valence-electron chi connectivity index (χ2n) is 4.06. The summed E-state index contributed by atoms with van der Waals surface area (Å²) in [6.45, 7) is 1.49. The Morgan fingerprint density at radius 1 is 1.56 bits per heavy atom. The predicted molar refractivity (Wildman–Crippen MR) is 60.2 cm³/mol. The first kappa shape index (κ1) is 11.1. The highest BCUT2D eigenvalue weighted by Gasteiger charge is 2.20. The minimum Gasteiger partial charge on any atom is -0.376 e. The summed E-state index contributed by atoms with van der Waals surface area (Å²) in [7, 11) is 1.81. The van der Waals surface area contributed by atoms with Crippen LogP contribution in [-0.4, -0.2) is 42.1 Å². The zero-order valence-corrected chi connectivity index (χ0v) is 9.43. The van der Waals surface area contributed by atoms with E-state index in [1.807, 2.05) is 7.05 Å². The molecule has 1 aromatic rings. The number of aromatic nitrogens is 1. The van der Waals surface area contributed by atoms with E-state index in [4.69, 9.17) is 4.74 Å². The van der Waals surface area contributed by atoms with Crippen molar-refractivity contribution in [3.05, 3.63) is 30.1 Å². The second-order valence-corrected chi connectivity index (χ2v) is 4.06. The van der Waals surface area contributed by atoms with Crippen LogP contribution >= 0.6 is 0 Å². The number of nitrogens with zero attached hydrogens (tertiary/aromatic N) is 2. The van der Waals surface area contributed by atoms with Gasteiger partial charge >= 0.3 is 0 Å². The molecule has 1 unspecified atom stereocenters. The molecule has 0 bridgehead atoms. The highest BCUT2D eigenvalue weighted by Crippen LogP contribution is 2.13. The van der Waals surface area contributed by atoms with Crippen molar-refractivity contribution in [3.63, 3.8) is 0 Å². The lowest BCUT2D eigenvalue weighted by Gasteiger charge is -2.20. The summed E-state index contributed by atoms with van der Waals surface area (Å²) in [6, 6.07) is 3.46. The molecule has 0 aromatic carbocycles.